The summed E-state index contributed by atoms with van der Waals surface area (Å²) in [5.74, 6) is 1.09. The van der Waals surface area contributed by atoms with E-state index >= 15 is 0 Å². The maximum Gasteiger partial charge on any atom is 0.254 e. The monoisotopic (exact) mass is 331 g/mol. The highest BCUT2D eigenvalue weighted by atomic mass is 16.5. The third kappa shape index (κ3) is 2.96. The molecule has 0 bridgehead atoms. The Kier molecular flexibility index (Phi) is 4.48. The van der Waals surface area contributed by atoms with Gasteiger partial charge in [-0.15, -0.1) is 10.2 Å². The topological polar surface area (TPSA) is 82.4 Å². The van der Waals surface area contributed by atoms with Crippen molar-refractivity contribution < 1.29 is 14.3 Å². The smallest absolute Gasteiger partial charge is 0.254 e. The molecule has 0 radical (unpaired) electrons. The Morgan fingerprint density at radius 1 is 1.33 bits per heavy atom. The molecule has 0 aliphatic carbocycles. The summed E-state index contributed by atoms with van der Waals surface area (Å²) >= 11 is 0. The molecule has 0 aromatic carbocycles. The van der Waals surface area contributed by atoms with Crippen LogP contribution in [0.2, 0.25) is 0 Å². The number of pyridine rings is 1. The number of hydrogen-bond acceptors (Lipinski definition) is 6. The second-order valence-electron chi connectivity index (χ2n) is 5.91. The second kappa shape index (κ2) is 6.56. The molecule has 8 heteroatoms. The standard InChI is InChI=1S/C16H21N5O3/c1-10-5-11(6-14(18-10)24-4)16(22)21-8-12(23-3)7-13(21)15-19-17-9-20(15)2/h5-6,9,12-13H,7-8H2,1-4H3/t12-,13+/m1/s1. The van der Waals surface area contributed by atoms with E-state index in [1.165, 1.54) is 7.11 Å². The van der Waals surface area contributed by atoms with Gasteiger partial charge in [0.2, 0.25) is 5.88 Å². The average Bonchev–Trinajstić information content (AvgIpc) is 3.19. The summed E-state index contributed by atoms with van der Waals surface area (Å²) in [6.45, 7) is 2.35. The van der Waals surface area contributed by atoms with Crippen LogP contribution in [0, 0.1) is 6.92 Å². The number of hydrogen-bond donors (Lipinski definition) is 0. The summed E-state index contributed by atoms with van der Waals surface area (Å²) in [5.41, 5.74) is 1.28. The summed E-state index contributed by atoms with van der Waals surface area (Å²) in [6.07, 6.45) is 2.30. The number of aromatic nitrogens is 4. The van der Waals surface area contributed by atoms with E-state index in [1.54, 1.807) is 30.5 Å². The molecule has 128 valence electrons. The van der Waals surface area contributed by atoms with E-state index in [4.69, 9.17) is 9.47 Å². The first-order valence-corrected chi connectivity index (χ1v) is 7.73. The Bertz CT molecular complexity index is 745. The van der Waals surface area contributed by atoms with Crippen LogP contribution in [0.1, 0.15) is 34.3 Å². The highest BCUT2D eigenvalue weighted by Crippen LogP contribution is 2.33. The number of rotatable bonds is 4. The van der Waals surface area contributed by atoms with Crippen molar-refractivity contribution in [3.8, 4) is 5.88 Å². The first kappa shape index (κ1) is 16.4. The van der Waals surface area contributed by atoms with E-state index in [2.05, 4.69) is 15.2 Å². The van der Waals surface area contributed by atoms with Crippen LogP contribution in [0.5, 0.6) is 5.88 Å². The fourth-order valence-electron chi connectivity index (χ4n) is 3.06. The summed E-state index contributed by atoms with van der Waals surface area (Å²) in [7, 11) is 5.07. The largest absolute Gasteiger partial charge is 0.481 e. The molecule has 2 aromatic rings. The van der Waals surface area contributed by atoms with Gasteiger partial charge in [-0.05, 0) is 13.0 Å². The Balaban J connectivity index is 1.94. The van der Waals surface area contributed by atoms with Gasteiger partial charge in [0, 0.05) is 44.4 Å². The zero-order chi connectivity index (χ0) is 17.3. The van der Waals surface area contributed by atoms with E-state index in [-0.39, 0.29) is 18.1 Å². The number of carbonyl (C=O) groups excluding carboxylic acids is 1. The fourth-order valence-corrected chi connectivity index (χ4v) is 3.06. The number of ether oxygens (including phenoxy) is 2. The third-order valence-corrected chi connectivity index (χ3v) is 4.29. The molecule has 0 N–H and O–H groups in total. The zero-order valence-electron chi connectivity index (χ0n) is 14.3. The minimum Gasteiger partial charge on any atom is -0.481 e. The summed E-state index contributed by atoms with van der Waals surface area (Å²) in [5, 5.41) is 8.10. The lowest BCUT2D eigenvalue weighted by atomic mass is 10.1. The van der Waals surface area contributed by atoms with Gasteiger partial charge in [0.25, 0.3) is 5.91 Å². The van der Waals surface area contributed by atoms with Gasteiger partial charge in [-0.3, -0.25) is 4.79 Å². The van der Waals surface area contributed by atoms with Gasteiger partial charge < -0.3 is 18.9 Å². The van der Waals surface area contributed by atoms with Crippen molar-refractivity contribution in [2.45, 2.75) is 25.5 Å². The normalized spacial score (nSPS) is 20.4. The Hall–Kier alpha value is -2.48. The summed E-state index contributed by atoms with van der Waals surface area (Å²) < 4.78 is 12.5. The summed E-state index contributed by atoms with van der Waals surface area (Å²) in [4.78, 5) is 19.1. The third-order valence-electron chi connectivity index (χ3n) is 4.29. The van der Waals surface area contributed by atoms with Crippen LogP contribution in [0.3, 0.4) is 0 Å². The number of carbonyl (C=O) groups is 1. The average molecular weight is 331 g/mol. The van der Waals surface area contributed by atoms with Gasteiger partial charge in [0.15, 0.2) is 5.82 Å². The van der Waals surface area contributed by atoms with E-state index in [9.17, 15) is 4.79 Å². The molecule has 3 rings (SSSR count). The molecule has 1 aliphatic rings. The van der Waals surface area contributed by atoms with Crippen molar-refractivity contribution in [3.63, 3.8) is 0 Å². The molecule has 2 aromatic heterocycles. The molecule has 0 unspecified atom stereocenters. The molecule has 1 aliphatic heterocycles. The molecule has 1 fully saturated rings. The molecule has 8 nitrogen and oxygen atoms in total. The van der Waals surface area contributed by atoms with Crippen molar-refractivity contribution in [1.29, 1.82) is 0 Å². The minimum atomic E-state index is -0.172. The molecule has 1 amide bonds. The summed E-state index contributed by atoms with van der Waals surface area (Å²) in [6, 6.07) is 3.25. The molecule has 1 saturated heterocycles. The molecule has 0 saturated carbocycles. The van der Waals surface area contributed by atoms with E-state index in [0.29, 0.717) is 24.4 Å². The fraction of sp³-hybridized carbons (Fsp3) is 0.500. The molecular formula is C16H21N5O3. The predicted octanol–water partition coefficient (Wildman–Crippen LogP) is 1.13. The van der Waals surface area contributed by atoms with Crippen molar-refractivity contribution in [2.75, 3.05) is 20.8 Å². The zero-order valence-corrected chi connectivity index (χ0v) is 14.3. The van der Waals surface area contributed by atoms with Gasteiger partial charge in [-0.25, -0.2) is 4.98 Å². The molecule has 3 heterocycles. The lowest BCUT2D eigenvalue weighted by Gasteiger charge is -2.24. The highest BCUT2D eigenvalue weighted by Gasteiger charge is 2.39. The van der Waals surface area contributed by atoms with Crippen LogP contribution in [-0.4, -0.2) is 57.4 Å². The van der Waals surface area contributed by atoms with Crippen LogP contribution in [-0.2, 0) is 11.8 Å². The van der Waals surface area contributed by atoms with E-state index in [0.717, 1.165) is 11.5 Å². The van der Waals surface area contributed by atoms with Crippen molar-refractivity contribution >= 4 is 5.91 Å². The first-order chi connectivity index (χ1) is 11.5. The van der Waals surface area contributed by atoms with E-state index in [1.807, 2.05) is 18.5 Å². The van der Waals surface area contributed by atoms with Gasteiger partial charge in [0.1, 0.15) is 6.33 Å². The van der Waals surface area contributed by atoms with Crippen LogP contribution in [0.4, 0.5) is 0 Å². The molecular weight excluding hydrogens is 310 g/mol. The quantitative estimate of drug-likeness (QED) is 0.835. The van der Waals surface area contributed by atoms with Crippen molar-refractivity contribution in [3.05, 3.63) is 35.5 Å². The van der Waals surface area contributed by atoms with Crippen LogP contribution >= 0.6 is 0 Å². The molecule has 24 heavy (non-hydrogen) atoms. The van der Waals surface area contributed by atoms with Crippen LogP contribution in [0.25, 0.3) is 0 Å². The van der Waals surface area contributed by atoms with Gasteiger partial charge in [-0.1, -0.05) is 0 Å². The Morgan fingerprint density at radius 3 is 2.75 bits per heavy atom. The lowest BCUT2D eigenvalue weighted by molar-refractivity contribution is 0.0682. The van der Waals surface area contributed by atoms with Crippen LogP contribution < -0.4 is 4.74 Å². The van der Waals surface area contributed by atoms with Gasteiger partial charge >= 0.3 is 0 Å². The Morgan fingerprint density at radius 2 is 2.12 bits per heavy atom. The van der Waals surface area contributed by atoms with Crippen LogP contribution in [0.15, 0.2) is 18.5 Å². The van der Waals surface area contributed by atoms with E-state index < -0.39 is 0 Å². The lowest BCUT2D eigenvalue weighted by Crippen LogP contribution is -2.33. The number of amides is 1. The first-order valence-electron chi connectivity index (χ1n) is 7.73. The number of likely N-dealkylation sites (tertiary alicyclic amines) is 1. The molecule has 0 spiro atoms. The van der Waals surface area contributed by atoms with Gasteiger partial charge in [0.05, 0.1) is 19.3 Å². The molecule has 2 atom stereocenters. The number of methoxy groups -OCH3 is 2. The highest BCUT2D eigenvalue weighted by molar-refractivity contribution is 5.95. The second-order valence-corrected chi connectivity index (χ2v) is 5.91. The predicted molar refractivity (Wildman–Crippen MR) is 85.7 cm³/mol. The SMILES string of the molecule is COc1cc(C(=O)N2C[C@H](OC)C[C@H]2c2nncn2C)cc(C)n1. The number of nitrogens with zero attached hydrogens (tertiary/aromatic N) is 5. The number of aryl methyl sites for hydroxylation is 2. The van der Waals surface area contributed by atoms with Crippen molar-refractivity contribution in [1.82, 2.24) is 24.6 Å². The maximum atomic E-state index is 13.1. The Labute approximate surface area is 140 Å². The maximum absolute atomic E-state index is 13.1. The minimum absolute atomic E-state index is 0.0273. The van der Waals surface area contributed by atoms with Gasteiger partial charge in [-0.2, -0.15) is 0 Å². The van der Waals surface area contributed by atoms with Crippen molar-refractivity contribution in [2.24, 2.45) is 7.05 Å².